The average Bonchev–Trinajstić information content (AvgIpc) is 3.32. The number of hydrogen-bond acceptors (Lipinski definition) is 4. The van der Waals surface area contributed by atoms with Crippen LogP contribution >= 0.6 is 0 Å². The van der Waals surface area contributed by atoms with Crippen molar-refractivity contribution >= 4 is 11.6 Å². The number of nitrogens with one attached hydrogen (secondary N) is 1. The van der Waals surface area contributed by atoms with Crippen LogP contribution in [0.5, 0.6) is 0 Å². The maximum absolute atomic E-state index is 12.2. The van der Waals surface area contributed by atoms with Crippen molar-refractivity contribution in [2.24, 2.45) is 11.8 Å². The molecule has 1 spiro atoms. The molecule has 0 radical (unpaired) electrons. The second-order valence-electron chi connectivity index (χ2n) is 8.34. The van der Waals surface area contributed by atoms with Crippen LogP contribution in [0.15, 0.2) is 30.6 Å². The fourth-order valence-corrected chi connectivity index (χ4v) is 5.34. The van der Waals surface area contributed by atoms with Crippen molar-refractivity contribution in [1.29, 1.82) is 0 Å². The van der Waals surface area contributed by atoms with Gasteiger partial charge < -0.3 is 15.0 Å². The number of carbonyl (C=O) groups is 1. The Kier molecular flexibility index (Phi) is 5.22. The number of unbranched alkanes of at least 4 members (excludes halogenated alkanes) is 1. The number of aryl methyl sites for hydroxylation is 1. The monoisotopic (exact) mass is 369 g/mol. The van der Waals surface area contributed by atoms with Crippen LogP contribution in [0.25, 0.3) is 0 Å². The Morgan fingerprint density at radius 1 is 1.52 bits per heavy atom. The molecule has 1 amide bonds. The van der Waals surface area contributed by atoms with E-state index < -0.39 is 0 Å². The van der Waals surface area contributed by atoms with Crippen molar-refractivity contribution in [2.45, 2.75) is 57.7 Å². The molecule has 3 aliphatic heterocycles. The fraction of sp³-hybridized carbons (Fsp3) is 0.636. The number of ether oxygens (including phenoxy) is 1. The highest BCUT2D eigenvalue weighted by molar-refractivity contribution is 5.75. The van der Waals surface area contributed by atoms with E-state index in [1.807, 2.05) is 25.4 Å². The molecule has 4 heterocycles. The summed E-state index contributed by atoms with van der Waals surface area (Å²) in [4.78, 5) is 18.9. The molecule has 5 nitrogen and oxygen atoms in total. The van der Waals surface area contributed by atoms with Crippen molar-refractivity contribution < 1.29 is 9.53 Å². The summed E-state index contributed by atoms with van der Waals surface area (Å²) in [6.07, 6.45) is 13.1. The predicted molar refractivity (Wildman–Crippen MR) is 107 cm³/mol. The number of nitrogens with zero attached hydrogens (tertiary/aromatic N) is 2. The van der Waals surface area contributed by atoms with E-state index in [1.54, 1.807) is 0 Å². The number of hydrogen-bond donors (Lipinski definition) is 1. The number of allylic oxidation sites excluding steroid dienone is 2. The van der Waals surface area contributed by atoms with Crippen LogP contribution in [0.4, 0.5) is 5.69 Å². The lowest BCUT2D eigenvalue weighted by atomic mass is 9.73. The first-order valence-electron chi connectivity index (χ1n) is 10.3. The zero-order chi connectivity index (χ0) is 18.9. The lowest BCUT2D eigenvalue weighted by Crippen LogP contribution is -2.41. The van der Waals surface area contributed by atoms with E-state index in [9.17, 15) is 4.79 Å². The van der Waals surface area contributed by atoms with Crippen LogP contribution in [0.2, 0.25) is 0 Å². The van der Waals surface area contributed by atoms with Crippen molar-refractivity contribution in [2.75, 3.05) is 24.5 Å². The third kappa shape index (κ3) is 3.49. The Morgan fingerprint density at radius 2 is 2.41 bits per heavy atom. The SMILES string of the molecule is CC=CCCCC(=O)NC[C@H]1[C@H]2CN(c3ccncc3C)C[C@]23CC[C@H]1O3. The number of anilines is 1. The largest absolute Gasteiger partial charge is 0.369 e. The highest BCUT2D eigenvalue weighted by Gasteiger charge is 2.62. The summed E-state index contributed by atoms with van der Waals surface area (Å²) < 4.78 is 6.52. The molecule has 4 atom stereocenters. The van der Waals surface area contributed by atoms with Crippen molar-refractivity contribution in [1.82, 2.24) is 10.3 Å². The van der Waals surface area contributed by atoms with Gasteiger partial charge in [-0.2, -0.15) is 0 Å². The summed E-state index contributed by atoms with van der Waals surface area (Å²) >= 11 is 0. The smallest absolute Gasteiger partial charge is 0.220 e. The second kappa shape index (κ2) is 7.63. The molecule has 3 aliphatic rings. The Hall–Kier alpha value is -1.88. The lowest BCUT2D eigenvalue weighted by molar-refractivity contribution is -0.121. The van der Waals surface area contributed by atoms with Crippen molar-refractivity contribution in [3.05, 3.63) is 36.2 Å². The molecule has 4 rings (SSSR count). The van der Waals surface area contributed by atoms with E-state index in [4.69, 9.17) is 4.74 Å². The topological polar surface area (TPSA) is 54.5 Å². The molecular weight excluding hydrogens is 338 g/mol. The molecule has 146 valence electrons. The molecule has 27 heavy (non-hydrogen) atoms. The highest BCUT2D eigenvalue weighted by atomic mass is 16.5. The van der Waals surface area contributed by atoms with Gasteiger partial charge in [0, 0.05) is 56.0 Å². The van der Waals surface area contributed by atoms with E-state index in [-0.39, 0.29) is 11.5 Å². The van der Waals surface area contributed by atoms with E-state index >= 15 is 0 Å². The maximum Gasteiger partial charge on any atom is 0.220 e. The number of fused-ring (bicyclic) bond motifs is 1. The molecule has 1 aromatic rings. The molecule has 0 saturated carbocycles. The molecule has 0 aromatic carbocycles. The second-order valence-corrected chi connectivity index (χ2v) is 8.34. The van der Waals surface area contributed by atoms with E-state index in [1.165, 1.54) is 11.3 Å². The number of amides is 1. The fourth-order valence-electron chi connectivity index (χ4n) is 5.34. The molecule has 1 N–H and O–H groups in total. The quantitative estimate of drug-likeness (QED) is 0.592. The minimum atomic E-state index is -0.0122. The molecule has 0 unspecified atom stereocenters. The van der Waals surface area contributed by atoms with Crippen molar-refractivity contribution in [3.8, 4) is 0 Å². The summed E-state index contributed by atoms with van der Waals surface area (Å²) in [5.74, 6) is 1.12. The van der Waals surface area contributed by atoms with E-state index in [0.717, 1.165) is 45.3 Å². The number of pyridine rings is 1. The van der Waals surface area contributed by atoms with Crippen LogP contribution in [-0.2, 0) is 9.53 Å². The number of rotatable bonds is 7. The van der Waals surface area contributed by atoms with Crippen LogP contribution in [-0.4, -0.2) is 42.2 Å². The van der Waals surface area contributed by atoms with Gasteiger partial charge in [0.25, 0.3) is 0 Å². The van der Waals surface area contributed by atoms with Crippen LogP contribution in [0.1, 0.15) is 44.6 Å². The molecule has 5 heteroatoms. The summed E-state index contributed by atoms with van der Waals surface area (Å²) in [5.41, 5.74) is 2.48. The summed E-state index contributed by atoms with van der Waals surface area (Å²) in [5, 5.41) is 3.19. The average molecular weight is 370 g/mol. The maximum atomic E-state index is 12.2. The first-order chi connectivity index (χ1) is 13.1. The number of carbonyl (C=O) groups excluding carboxylic acids is 1. The van der Waals surface area contributed by atoms with Crippen LogP contribution < -0.4 is 10.2 Å². The Labute approximate surface area is 162 Å². The molecular formula is C22H31N3O2. The van der Waals surface area contributed by atoms with Gasteiger partial charge in [0.1, 0.15) is 0 Å². The molecule has 3 fully saturated rings. The third-order valence-electron chi connectivity index (χ3n) is 6.66. The van der Waals surface area contributed by atoms with Gasteiger partial charge in [0.15, 0.2) is 0 Å². The third-order valence-corrected chi connectivity index (χ3v) is 6.66. The van der Waals surface area contributed by atoms with Crippen molar-refractivity contribution in [3.63, 3.8) is 0 Å². The lowest BCUT2D eigenvalue weighted by Gasteiger charge is -2.29. The first kappa shape index (κ1) is 18.5. The van der Waals surface area contributed by atoms with Crippen LogP contribution in [0.3, 0.4) is 0 Å². The summed E-state index contributed by atoms with van der Waals surface area (Å²) in [7, 11) is 0. The normalized spacial score (nSPS) is 31.6. The number of aromatic nitrogens is 1. The highest BCUT2D eigenvalue weighted by Crippen LogP contribution is 2.55. The van der Waals surface area contributed by atoms with Gasteiger partial charge in [-0.1, -0.05) is 12.2 Å². The van der Waals surface area contributed by atoms with Gasteiger partial charge in [0.05, 0.1) is 11.7 Å². The van der Waals surface area contributed by atoms with Gasteiger partial charge in [-0.15, -0.1) is 0 Å². The van der Waals surface area contributed by atoms with Gasteiger partial charge in [-0.3, -0.25) is 9.78 Å². The Morgan fingerprint density at radius 3 is 3.22 bits per heavy atom. The molecule has 0 aliphatic carbocycles. The van der Waals surface area contributed by atoms with Gasteiger partial charge >= 0.3 is 0 Å². The van der Waals surface area contributed by atoms with Gasteiger partial charge in [-0.05, 0) is 51.2 Å². The molecule has 1 aromatic heterocycles. The molecule has 3 saturated heterocycles. The summed E-state index contributed by atoms with van der Waals surface area (Å²) in [6.45, 7) is 6.87. The predicted octanol–water partition coefficient (Wildman–Crippen LogP) is 3.24. The minimum absolute atomic E-state index is 0.0122. The standard InChI is InChI=1S/C22H31N3O2/c1-3-4-5-6-7-21(26)24-13-17-18-14-25(19-9-11-23-12-16(19)2)15-22(18)10-8-20(17)27-22/h3-4,9,11-12,17-18,20H,5-8,10,13-15H2,1-2H3,(H,24,26)/t17-,18+,20+,22+/m0/s1. The van der Waals surface area contributed by atoms with Gasteiger partial charge in [-0.25, -0.2) is 0 Å². The zero-order valence-corrected chi connectivity index (χ0v) is 16.5. The first-order valence-corrected chi connectivity index (χ1v) is 10.3. The minimum Gasteiger partial charge on any atom is -0.369 e. The Balaban J connectivity index is 1.37. The summed E-state index contributed by atoms with van der Waals surface area (Å²) in [6, 6.07) is 2.11. The van der Waals surface area contributed by atoms with Gasteiger partial charge in [0.2, 0.25) is 5.91 Å². The van der Waals surface area contributed by atoms with E-state index in [0.29, 0.717) is 24.4 Å². The molecule has 2 bridgehead atoms. The Bertz CT molecular complexity index is 719. The zero-order valence-electron chi connectivity index (χ0n) is 16.5. The van der Waals surface area contributed by atoms with Crippen LogP contribution in [0, 0.1) is 18.8 Å². The van der Waals surface area contributed by atoms with E-state index in [2.05, 4.69) is 34.3 Å².